The second-order valence-electron chi connectivity index (χ2n) is 10.4. The molecule has 5 rings (SSSR count). The maximum absolute atomic E-state index is 12.1. The van der Waals surface area contributed by atoms with E-state index in [0.717, 1.165) is 19.3 Å². The van der Waals surface area contributed by atoms with E-state index in [1.807, 2.05) is 36.4 Å². The van der Waals surface area contributed by atoms with Gasteiger partial charge in [-0.2, -0.15) is 0 Å². The van der Waals surface area contributed by atoms with Crippen molar-refractivity contribution >= 4 is 5.78 Å². The number of allylic oxidation sites excluding steroid dienone is 6. The van der Waals surface area contributed by atoms with Crippen LogP contribution in [-0.2, 0) is 4.79 Å². The zero-order chi connectivity index (χ0) is 22.0. The van der Waals surface area contributed by atoms with Crippen molar-refractivity contribution in [2.24, 2.45) is 28.6 Å². The van der Waals surface area contributed by atoms with Gasteiger partial charge in [-0.1, -0.05) is 56.4 Å². The van der Waals surface area contributed by atoms with Crippen molar-refractivity contribution < 1.29 is 14.6 Å². The number of hydrogen-bond donors (Lipinski definition) is 1. The monoisotopic (exact) mass is 416 g/mol. The Morgan fingerprint density at radius 3 is 2.68 bits per heavy atom. The molecule has 4 aliphatic carbocycles. The molecule has 6 atom stereocenters. The lowest BCUT2D eigenvalue weighted by Crippen LogP contribution is -2.52. The minimum Gasteiger partial charge on any atom is -0.459 e. The molecule has 0 spiro atoms. The van der Waals surface area contributed by atoms with Crippen LogP contribution in [-0.4, -0.2) is 16.5 Å². The van der Waals surface area contributed by atoms with Crippen molar-refractivity contribution in [2.75, 3.05) is 0 Å². The van der Waals surface area contributed by atoms with E-state index in [1.165, 1.54) is 11.1 Å². The summed E-state index contributed by atoms with van der Waals surface area (Å²) in [7, 11) is 0. The summed E-state index contributed by atoms with van der Waals surface area (Å²) in [6.45, 7) is 10.9. The van der Waals surface area contributed by atoms with Crippen LogP contribution in [0.1, 0.15) is 46.5 Å². The van der Waals surface area contributed by atoms with Crippen molar-refractivity contribution in [2.45, 2.75) is 52.1 Å². The largest absolute Gasteiger partial charge is 0.459 e. The number of benzene rings is 1. The van der Waals surface area contributed by atoms with Gasteiger partial charge in [-0.15, -0.1) is 0 Å². The second-order valence-corrected chi connectivity index (χ2v) is 10.4. The zero-order valence-corrected chi connectivity index (χ0v) is 18.7. The first kappa shape index (κ1) is 20.5. The predicted octanol–water partition coefficient (Wildman–Crippen LogP) is 5.78. The van der Waals surface area contributed by atoms with Gasteiger partial charge in [-0.05, 0) is 80.2 Å². The molecule has 31 heavy (non-hydrogen) atoms. The van der Waals surface area contributed by atoms with E-state index in [-0.39, 0.29) is 16.6 Å². The molecular weight excluding hydrogens is 384 g/mol. The molecule has 0 unspecified atom stereocenters. The summed E-state index contributed by atoms with van der Waals surface area (Å²) < 4.78 is 6.07. The Bertz CT molecular complexity index is 1030. The average Bonchev–Trinajstić information content (AvgIpc) is 3.02. The quantitative estimate of drug-likeness (QED) is 0.501. The van der Waals surface area contributed by atoms with Crippen LogP contribution in [0.3, 0.4) is 0 Å². The summed E-state index contributed by atoms with van der Waals surface area (Å²) in [4.78, 5) is 12.1. The average molecular weight is 417 g/mol. The molecule has 1 N–H and O–H groups in total. The fourth-order valence-electron chi connectivity index (χ4n) is 7.11. The van der Waals surface area contributed by atoms with Crippen LogP contribution in [0.4, 0.5) is 0 Å². The summed E-state index contributed by atoms with van der Waals surface area (Å²) in [6, 6.07) is 9.61. The number of carbonyl (C=O) groups excluding carboxylic acids is 1. The molecule has 3 nitrogen and oxygen atoms in total. The molecule has 0 heterocycles. The summed E-state index contributed by atoms with van der Waals surface area (Å²) in [5.74, 6) is 2.38. The smallest absolute Gasteiger partial charge is 0.178 e. The third-order valence-corrected chi connectivity index (χ3v) is 8.87. The molecule has 0 amide bonds. The van der Waals surface area contributed by atoms with Crippen LogP contribution in [0, 0.1) is 28.6 Å². The molecule has 162 valence electrons. The molecule has 2 fully saturated rings. The van der Waals surface area contributed by atoms with Gasteiger partial charge in [0.15, 0.2) is 5.78 Å². The first-order valence-electron chi connectivity index (χ1n) is 11.5. The molecule has 0 aromatic heterocycles. The summed E-state index contributed by atoms with van der Waals surface area (Å²) in [6.07, 6.45) is 11.5. The second kappa shape index (κ2) is 6.80. The third-order valence-electron chi connectivity index (χ3n) is 8.87. The Labute approximate surface area is 185 Å². The third kappa shape index (κ3) is 2.79. The molecular formula is C28H32O3. The van der Waals surface area contributed by atoms with Crippen LogP contribution in [0.15, 0.2) is 78.1 Å². The van der Waals surface area contributed by atoms with Gasteiger partial charge in [-0.3, -0.25) is 4.79 Å². The van der Waals surface area contributed by atoms with E-state index in [1.54, 1.807) is 6.08 Å². The molecule has 2 saturated carbocycles. The SMILES string of the molecule is C=C(Oc1ccccc1)[C@@]1(O)CC[C@H]2[C@@H]3C[C@H](C)C4=CC(=O)C=C[C@]4(C)C3=CC[C@@]21C. The van der Waals surface area contributed by atoms with Crippen molar-refractivity contribution in [1.82, 2.24) is 0 Å². The molecule has 0 aliphatic heterocycles. The lowest BCUT2D eigenvalue weighted by molar-refractivity contribution is -0.110. The van der Waals surface area contributed by atoms with Gasteiger partial charge in [0, 0.05) is 10.8 Å². The Morgan fingerprint density at radius 2 is 1.94 bits per heavy atom. The molecule has 0 bridgehead atoms. The van der Waals surface area contributed by atoms with Gasteiger partial charge in [-0.25, -0.2) is 0 Å². The number of ether oxygens (including phenoxy) is 1. The lowest BCUT2D eigenvalue weighted by atomic mass is 9.50. The van der Waals surface area contributed by atoms with Crippen molar-refractivity contribution in [3.05, 3.63) is 78.1 Å². The van der Waals surface area contributed by atoms with E-state index in [2.05, 4.69) is 39.5 Å². The van der Waals surface area contributed by atoms with Crippen LogP contribution in [0.25, 0.3) is 0 Å². The highest BCUT2D eigenvalue weighted by Gasteiger charge is 2.63. The fraction of sp³-hybridized carbons (Fsp3) is 0.464. The lowest BCUT2D eigenvalue weighted by Gasteiger charge is -2.55. The first-order chi connectivity index (χ1) is 14.7. The molecule has 1 aromatic rings. The number of para-hydroxylation sites is 1. The number of fused-ring (bicyclic) bond motifs is 5. The maximum Gasteiger partial charge on any atom is 0.178 e. The van der Waals surface area contributed by atoms with Crippen molar-refractivity contribution in [3.8, 4) is 5.75 Å². The summed E-state index contributed by atoms with van der Waals surface area (Å²) >= 11 is 0. The molecule has 4 aliphatic rings. The highest BCUT2D eigenvalue weighted by molar-refractivity contribution is 6.01. The number of aliphatic hydroxyl groups is 1. The van der Waals surface area contributed by atoms with Crippen LogP contribution < -0.4 is 4.74 Å². The number of ketones is 1. The van der Waals surface area contributed by atoms with Gasteiger partial charge in [0.1, 0.15) is 17.1 Å². The number of carbonyl (C=O) groups is 1. The van der Waals surface area contributed by atoms with E-state index < -0.39 is 5.60 Å². The highest BCUT2D eigenvalue weighted by Crippen LogP contribution is 2.66. The van der Waals surface area contributed by atoms with Crippen molar-refractivity contribution in [3.63, 3.8) is 0 Å². The number of rotatable bonds is 3. The predicted molar refractivity (Wildman–Crippen MR) is 122 cm³/mol. The normalized spacial score (nSPS) is 40.9. The van der Waals surface area contributed by atoms with Gasteiger partial charge in [0.05, 0.1) is 0 Å². The minimum absolute atomic E-state index is 0.101. The number of hydrogen-bond acceptors (Lipinski definition) is 3. The van der Waals surface area contributed by atoms with E-state index in [0.29, 0.717) is 35.7 Å². The topological polar surface area (TPSA) is 46.5 Å². The van der Waals surface area contributed by atoms with Crippen LogP contribution in [0.2, 0.25) is 0 Å². The van der Waals surface area contributed by atoms with Gasteiger partial charge in [0.25, 0.3) is 0 Å². The Balaban J connectivity index is 1.50. The molecule has 3 heteroatoms. The van der Waals surface area contributed by atoms with E-state index in [4.69, 9.17) is 4.74 Å². The fourth-order valence-corrected chi connectivity index (χ4v) is 7.11. The van der Waals surface area contributed by atoms with Gasteiger partial charge < -0.3 is 9.84 Å². The maximum atomic E-state index is 12.1. The first-order valence-corrected chi connectivity index (χ1v) is 11.5. The summed E-state index contributed by atoms with van der Waals surface area (Å²) in [5, 5.41) is 11.9. The summed E-state index contributed by atoms with van der Waals surface area (Å²) in [5.41, 5.74) is 1.11. The Hall–Kier alpha value is -2.39. The highest BCUT2D eigenvalue weighted by atomic mass is 16.5. The van der Waals surface area contributed by atoms with Gasteiger partial charge in [0.2, 0.25) is 0 Å². The Morgan fingerprint density at radius 1 is 1.19 bits per heavy atom. The molecule has 0 radical (unpaired) electrons. The van der Waals surface area contributed by atoms with Gasteiger partial charge >= 0.3 is 0 Å². The minimum atomic E-state index is -1.06. The van der Waals surface area contributed by atoms with E-state index >= 15 is 0 Å². The van der Waals surface area contributed by atoms with E-state index in [9.17, 15) is 9.90 Å². The van der Waals surface area contributed by atoms with Crippen LogP contribution in [0.5, 0.6) is 5.75 Å². The zero-order valence-electron chi connectivity index (χ0n) is 18.7. The molecule has 1 aromatic carbocycles. The van der Waals surface area contributed by atoms with Crippen molar-refractivity contribution in [1.29, 1.82) is 0 Å². The molecule has 0 saturated heterocycles. The standard InChI is InChI=1S/C28H32O3/c1-18-16-22-23(26(3)13-10-20(29)17-25(18)26)11-14-27(4)24(22)12-15-28(27,30)19(2)31-21-8-6-5-7-9-21/h5-11,13,17-18,22,24,30H,2,12,14-16H2,1,3-4H3/t18-,22+,24-,26+,27-,28-/m0/s1. The Kier molecular flexibility index (Phi) is 4.50. The van der Waals surface area contributed by atoms with Crippen LogP contribution >= 0.6 is 0 Å².